The molecule has 0 bridgehead atoms. The number of hydrazine groups is 1. The second kappa shape index (κ2) is 8.18. The number of nitrogens with zero attached hydrogens (tertiary/aromatic N) is 2. The van der Waals surface area contributed by atoms with E-state index < -0.39 is 0 Å². The highest BCUT2D eigenvalue weighted by Gasteiger charge is 2.10. The lowest BCUT2D eigenvalue weighted by molar-refractivity contribution is 0.0962. The minimum absolute atomic E-state index is 0.276. The highest BCUT2D eigenvalue weighted by atomic mass is 16.2. The Morgan fingerprint density at radius 2 is 1.52 bits per heavy atom. The quantitative estimate of drug-likeness (QED) is 0.502. The molecular weight excluding hydrogens is 340 g/mol. The van der Waals surface area contributed by atoms with Gasteiger partial charge in [-0.3, -0.25) is 15.6 Å². The topological polar surface area (TPSA) is 105 Å². The van der Waals surface area contributed by atoms with E-state index in [1.165, 1.54) is 11.9 Å². The number of aryl methyl sites for hydroxylation is 2. The van der Waals surface area contributed by atoms with E-state index in [2.05, 4.69) is 26.1 Å². The first-order chi connectivity index (χ1) is 13.0. The molecule has 138 valence electrons. The van der Waals surface area contributed by atoms with Gasteiger partial charge >= 0.3 is 0 Å². The summed E-state index contributed by atoms with van der Waals surface area (Å²) in [6.45, 7) is 4.59. The average Bonchev–Trinajstić information content (AvgIpc) is 2.68. The third-order valence-electron chi connectivity index (χ3n) is 4.07. The van der Waals surface area contributed by atoms with Crippen molar-refractivity contribution in [3.05, 3.63) is 77.1 Å². The molecule has 0 unspecified atom stereocenters. The fourth-order valence-electron chi connectivity index (χ4n) is 2.42. The molecule has 0 radical (unpaired) electrons. The van der Waals surface area contributed by atoms with Crippen molar-refractivity contribution in [3.63, 3.8) is 0 Å². The van der Waals surface area contributed by atoms with Crippen molar-refractivity contribution in [2.24, 2.45) is 0 Å². The van der Waals surface area contributed by atoms with E-state index in [9.17, 15) is 4.79 Å². The molecule has 27 heavy (non-hydrogen) atoms. The number of nitrogens with two attached hydrogens (primary N) is 1. The predicted molar refractivity (Wildman–Crippen MR) is 107 cm³/mol. The van der Waals surface area contributed by atoms with Crippen LogP contribution >= 0.6 is 0 Å². The minimum Gasteiger partial charge on any atom is -0.393 e. The van der Waals surface area contributed by atoms with E-state index in [1.807, 2.05) is 50.2 Å². The van der Waals surface area contributed by atoms with Crippen LogP contribution < -0.4 is 21.9 Å². The fraction of sp³-hybridized carbons (Fsp3) is 0.150. The molecule has 5 N–H and O–H groups in total. The Balaban J connectivity index is 1.63. The summed E-state index contributed by atoms with van der Waals surface area (Å²) in [6.07, 6.45) is 1.38. The number of nitrogens with one attached hydrogen (secondary N) is 3. The van der Waals surface area contributed by atoms with Gasteiger partial charge in [-0.25, -0.2) is 9.97 Å². The zero-order valence-corrected chi connectivity index (χ0v) is 15.3. The van der Waals surface area contributed by atoms with E-state index in [0.717, 1.165) is 11.1 Å². The number of amides is 1. The monoisotopic (exact) mass is 362 g/mol. The van der Waals surface area contributed by atoms with Crippen LogP contribution in [-0.2, 0) is 6.54 Å². The summed E-state index contributed by atoms with van der Waals surface area (Å²) < 4.78 is 0. The number of carbonyl (C=O) groups excluding carboxylic acids is 1. The first kappa shape index (κ1) is 18.2. The van der Waals surface area contributed by atoms with Crippen molar-refractivity contribution in [1.82, 2.24) is 15.4 Å². The van der Waals surface area contributed by atoms with Gasteiger partial charge in [-0.1, -0.05) is 47.5 Å². The molecule has 0 aliphatic heterocycles. The molecule has 7 heteroatoms. The Hall–Kier alpha value is -3.61. The summed E-state index contributed by atoms with van der Waals surface area (Å²) in [5.41, 5.74) is 15.7. The Bertz CT molecular complexity index is 922. The largest absolute Gasteiger partial charge is 0.393 e. The second-order valence-corrected chi connectivity index (χ2v) is 6.27. The van der Waals surface area contributed by atoms with Crippen LogP contribution in [0.2, 0.25) is 0 Å². The maximum atomic E-state index is 12.2. The number of rotatable bonds is 6. The molecule has 0 spiro atoms. The zero-order valence-electron chi connectivity index (χ0n) is 15.3. The first-order valence-electron chi connectivity index (χ1n) is 8.56. The zero-order chi connectivity index (χ0) is 19.2. The fourth-order valence-corrected chi connectivity index (χ4v) is 2.42. The highest BCUT2D eigenvalue weighted by molar-refractivity contribution is 5.95. The molecule has 1 amide bonds. The second-order valence-electron chi connectivity index (χ2n) is 6.27. The molecule has 0 atom stereocenters. The third kappa shape index (κ3) is 4.72. The molecule has 0 aliphatic rings. The van der Waals surface area contributed by atoms with Crippen LogP contribution in [0.1, 0.15) is 27.0 Å². The van der Waals surface area contributed by atoms with Crippen LogP contribution in [0.3, 0.4) is 0 Å². The van der Waals surface area contributed by atoms with Crippen LogP contribution in [0.5, 0.6) is 0 Å². The Morgan fingerprint density at radius 3 is 2.19 bits per heavy atom. The normalized spacial score (nSPS) is 10.3. The third-order valence-corrected chi connectivity index (χ3v) is 4.07. The SMILES string of the molecule is Cc1ccc(CNc2ncnc(NNC(=O)c3ccc(C)cc3)c2N)cc1. The lowest BCUT2D eigenvalue weighted by Crippen LogP contribution is -2.30. The lowest BCUT2D eigenvalue weighted by atomic mass is 10.1. The lowest BCUT2D eigenvalue weighted by Gasteiger charge is -2.13. The maximum absolute atomic E-state index is 12.2. The van der Waals surface area contributed by atoms with Gasteiger partial charge in [0.15, 0.2) is 11.6 Å². The van der Waals surface area contributed by atoms with Crippen molar-refractivity contribution in [1.29, 1.82) is 0 Å². The Kier molecular flexibility index (Phi) is 5.51. The standard InChI is InChI=1S/C20H22N6O/c1-13-3-7-15(8-4-13)11-22-18-17(21)19(24-12-23-18)25-26-20(27)16-9-5-14(2)6-10-16/h3-10,12H,11,21H2,1-2H3,(H,26,27)(H2,22,23,24,25). The summed E-state index contributed by atoms with van der Waals surface area (Å²) >= 11 is 0. The van der Waals surface area contributed by atoms with Gasteiger partial charge in [-0.05, 0) is 31.5 Å². The first-order valence-corrected chi connectivity index (χ1v) is 8.56. The molecule has 7 nitrogen and oxygen atoms in total. The molecule has 1 aromatic heterocycles. The van der Waals surface area contributed by atoms with Crippen LogP contribution in [0, 0.1) is 13.8 Å². The Labute approximate surface area is 158 Å². The van der Waals surface area contributed by atoms with Crippen LogP contribution in [0.4, 0.5) is 17.3 Å². The molecule has 0 saturated heterocycles. The van der Waals surface area contributed by atoms with Crippen molar-refractivity contribution in [3.8, 4) is 0 Å². The van der Waals surface area contributed by atoms with Crippen molar-refractivity contribution in [2.45, 2.75) is 20.4 Å². The summed E-state index contributed by atoms with van der Waals surface area (Å²) in [5.74, 6) is 0.553. The Morgan fingerprint density at radius 1 is 0.926 bits per heavy atom. The van der Waals surface area contributed by atoms with Crippen LogP contribution in [0.25, 0.3) is 0 Å². The number of hydrogen-bond donors (Lipinski definition) is 4. The summed E-state index contributed by atoms with van der Waals surface area (Å²) in [4.78, 5) is 20.4. The van der Waals surface area contributed by atoms with Crippen molar-refractivity contribution in [2.75, 3.05) is 16.5 Å². The molecule has 3 rings (SSSR count). The van der Waals surface area contributed by atoms with E-state index in [4.69, 9.17) is 5.73 Å². The maximum Gasteiger partial charge on any atom is 0.269 e. The molecule has 0 aliphatic carbocycles. The summed E-state index contributed by atoms with van der Waals surface area (Å²) in [6, 6.07) is 15.4. The molecule has 1 heterocycles. The highest BCUT2D eigenvalue weighted by Crippen LogP contribution is 2.22. The van der Waals surface area contributed by atoms with Crippen LogP contribution in [0.15, 0.2) is 54.9 Å². The molecular formula is C20H22N6O. The predicted octanol–water partition coefficient (Wildman–Crippen LogP) is 3.04. The van der Waals surface area contributed by atoms with Gasteiger partial charge < -0.3 is 11.1 Å². The van der Waals surface area contributed by atoms with E-state index in [1.54, 1.807) is 12.1 Å². The smallest absolute Gasteiger partial charge is 0.269 e. The summed E-state index contributed by atoms with van der Waals surface area (Å²) in [7, 11) is 0. The van der Waals surface area contributed by atoms with Gasteiger partial charge in [0, 0.05) is 12.1 Å². The van der Waals surface area contributed by atoms with E-state index in [-0.39, 0.29) is 5.91 Å². The van der Waals surface area contributed by atoms with Gasteiger partial charge in [-0.2, -0.15) is 0 Å². The molecule has 3 aromatic rings. The number of anilines is 3. The van der Waals surface area contributed by atoms with E-state index >= 15 is 0 Å². The van der Waals surface area contributed by atoms with E-state index in [0.29, 0.717) is 29.4 Å². The van der Waals surface area contributed by atoms with Crippen molar-refractivity contribution < 1.29 is 4.79 Å². The van der Waals surface area contributed by atoms with Crippen LogP contribution in [-0.4, -0.2) is 15.9 Å². The molecule has 0 saturated carbocycles. The number of hydrogen-bond acceptors (Lipinski definition) is 6. The minimum atomic E-state index is -0.276. The van der Waals surface area contributed by atoms with Gasteiger partial charge in [0.25, 0.3) is 5.91 Å². The number of carbonyl (C=O) groups is 1. The number of benzene rings is 2. The van der Waals surface area contributed by atoms with Gasteiger partial charge in [0.05, 0.1) is 0 Å². The summed E-state index contributed by atoms with van der Waals surface area (Å²) in [5, 5.41) is 3.19. The van der Waals surface area contributed by atoms with Gasteiger partial charge in [0.1, 0.15) is 12.0 Å². The average molecular weight is 362 g/mol. The van der Waals surface area contributed by atoms with Gasteiger partial charge in [-0.15, -0.1) is 0 Å². The van der Waals surface area contributed by atoms with Gasteiger partial charge in [0.2, 0.25) is 0 Å². The molecule has 2 aromatic carbocycles. The van der Waals surface area contributed by atoms with Crippen molar-refractivity contribution >= 4 is 23.2 Å². The number of aromatic nitrogens is 2. The number of nitrogen functional groups attached to an aromatic ring is 1. The molecule has 0 fully saturated rings.